The van der Waals surface area contributed by atoms with Crippen LogP contribution in [0.3, 0.4) is 0 Å². The second-order valence-electron chi connectivity index (χ2n) is 16.0. The zero-order valence-corrected chi connectivity index (χ0v) is 33.2. The van der Waals surface area contributed by atoms with Gasteiger partial charge in [-0.15, -0.1) is 0 Å². The summed E-state index contributed by atoms with van der Waals surface area (Å²) in [5.41, 5.74) is 1.02. The summed E-state index contributed by atoms with van der Waals surface area (Å²) in [6, 6.07) is 13.0. The van der Waals surface area contributed by atoms with Gasteiger partial charge in [-0.2, -0.15) is 4.98 Å². The van der Waals surface area contributed by atoms with E-state index < -0.39 is 62.3 Å². The Balaban J connectivity index is 1.22. The number of benzene rings is 2. The van der Waals surface area contributed by atoms with Gasteiger partial charge < -0.3 is 30.9 Å². The fourth-order valence-electron chi connectivity index (χ4n) is 7.79. The average Bonchev–Trinajstić information content (AvgIpc) is 3.99. The lowest BCUT2D eigenvalue weighted by Gasteiger charge is -2.30. The first-order chi connectivity index (χ1) is 26.7. The fourth-order valence-corrected chi connectivity index (χ4v) is 9.11. The number of hydrogen-bond acceptors (Lipinski definition) is 9. The van der Waals surface area contributed by atoms with Crippen LogP contribution in [0.25, 0.3) is 11.0 Å². The van der Waals surface area contributed by atoms with Crippen LogP contribution in [0, 0.1) is 5.92 Å². The number of aromatic nitrogens is 2. The molecule has 16 heteroatoms. The third-order valence-electron chi connectivity index (χ3n) is 11.5. The number of amides is 5. The zero-order chi connectivity index (χ0) is 39.8. The molecular weight excluding hydrogens is 737 g/mol. The molecule has 1 aromatic heterocycles. The molecule has 4 aliphatic rings. The van der Waals surface area contributed by atoms with Crippen molar-refractivity contribution in [1.29, 1.82) is 0 Å². The van der Waals surface area contributed by atoms with Crippen molar-refractivity contribution in [2.75, 3.05) is 24.2 Å². The molecule has 2 saturated carbocycles. The van der Waals surface area contributed by atoms with Crippen molar-refractivity contribution in [2.45, 2.75) is 113 Å². The predicted molar refractivity (Wildman–Crippen MR) is 212 cm³/mol. The van der Waals surface area contributed by atoms with Gasteiger partial charge in [-0.05, 0) is 83.6 Å². The molecule has 3 aromatic rings. The lowest BCUT2D eigenvalue weighted by molar-refractivity contribution is -0.140. The number of nitrogens with zero attached hydrogens (tertiary/aromatic N) is 3. The number of carbonyl (C=O) groups is 4. The highest BCUT2D eigenvalue weighted by Crippen LogP contribution is 2.47. The number of sulfonamides is 1. The van der Waals surface area contributed by atoms with E-state index in [1.165, 1.54) is 11.9 Å². The number of carbonyl (C=O) groups excluding carboxylic acids is 4. The summed E-state index contributed by atoms with van der Waals surface area (Å²) < 4.78 is 36.2. The monoisotopic (exact) mass is 788 g/mol. The quantitative estimate of drug-likeness (QED) is 0.193. The van der Waals surface area contributed by atoms with Crippen LogP contribution in [0.4, 0.5) is 16.2 Å². The van der Waals surface area contributed by atoms with Crippen molar-refractivity contribution in [3.63, 3.8) is 0 Å². The lowest BCUT2D eigenvalue weighted by atomic mass is 10.0. The van der Waals surface area contributed by atoms with Crippen molar-refractivity contribution in [3.05, 3.63) is 60.7 Å². The second kappa shape index (κ2) is 15.4. The molecule has 7 rings (SSSR count). The Hall–Kier alpha value is -5.12. The highest BCUT2D eigenvalue weighted by atomic mass is 32.2. The molecule has 0 unspecified atom stereocenters. The van der Waals surface area contributed by atoms with Gasteiger partial charge in [0.15, 0.2) is 0 Å². The van der Waals surface area contributed by atoms with Crippen LogP contribution >= 0.6 is 0 Å². The maximum absolute atomic E-state index is 14.7. The molecule has 15 nitrogen and oxygen atoms in total. The number of imidazole rings is 1. The molecule has 300 valence electrons. The minimum absolute atomic E-state index is 0.0593. The second-order valence-corrected chi connectivity index (χ2v) is 18.2. The molecule has 0 spiro atoms. The molecule has 5 amide bonds. The van der Waals surface area contributed by atoms with E-state index in [2.05, 4.69) is 26.0 Å². The summed E-state index contributed by atoms with van der Waals surface area (Å²) >= 11 is 0. The summed E-state index contributed by atoms with van der Waals surface area (Å²) in [5, 5.41) is 11.7. The number of urea groups is 1. The molecule has 0 bridgehead atoms. The Labute approximate surface area is 327 Å². The smallest absolute Gasteiger partial charge is 0.319 e. The average molecular weight is 789 g/mol. The van der Waals surface area contributed by atoms with Gasteiger partial charge in [-0.1, -0.05) is 49.3 Å². The van der Waals surface area contributed by atoms with E-state index in [4.69, 9.17) is 9.72 Å². The minimum Gasteiger partial charge on any atom is -0.459 e. The molecule has 0 radical (unpaired) electrons. The fraction of sp³-hybridized carbons (Fsp3) is 0.525. The number of hydrogen-bond donors (Lipinski definition) is 5. The predicted octanol–water partition coefficient (Wildman–Crippen LogP) is 4.59. The molecule has 3 heterocycles. The number of rotatable bonds is 9. The van der Waals surface area contributed by atoms with Crippen LogP contribution < -0.4 is 30.7 Å². The van der Waals surface area contributed by atoms with Crippen LogP contribution in [0.5, 0.6) is 6.01 Å². The Bertz CT molecular complexity index is 2130. The Morgan fingerprint density at radius 2 is 1.80 bits per heavy atom. The molecule has 5 atom stereocenters. The molecule has 2 aromatic carbocycles. The van der Waals surface area contributed by atoms with Gasteiger partial charge in [0.05, 0.1) is 22.5 Å². The van der Waals surface area contributed by atoms with E-state index in [9.17, 15) is 27.6 Å². The van der Waals surface area contributed by atoms with Gasteiger partial charge in [-0.25, -0.2) is 13.2 Å². The minimum atomic E-state index is -3.97. The number of nitrogens with one attached hydrogen (secondary N) is 5. The Morgan fingerprint density at radius 1 is 1.04 bits per heavy atom. The van der Waals surface area contributed by atoms with Crippen molar-refractivity contribution in [2.24, 2.45) is 5.92 Å². The summed E-state index contributed by atoms with van der Waals surface area (Å²) in [4.78, 5) is 61.8. The van der Waals surface area contributed by atoms with E-state index in [0.717, 1.165) is 36.9 Å². The first-order valence-electron chi connectivity index (χ1n) is 19.6. The maximum atomic E-state index is 14.7. The molecule has 2 aliphatic carbocycles. The van der Waals surface area contributed by atoms with Crippen molar-refractivity contribution < 1.29 is 32.3 Å². The largest absolute Gasteiger partial charge is 0.459 e. The third-order valence-corrected chi connectivity index (χ3v) is 13.7. The van der Waals surface area contributed by atoms with Crippen molar-refractivity contribution in [3.8, 4) is 6.01 Å². The standard InChI is InChI=1S/C40H52N8O7S/c1-25(2)48-31-19-13-18-29(43-37(52)41-4)33(31)44-38(48)55-28-22-32-34(49)45-40(36(51)46-56(53,54)39(3)20-21-39)23-26(40)14-9-6-5-7-12-17-30(35(50)47(32)24-28)42-27-15-10-8-11-16-27/h8-11,13-16,18-19,25-26,28,30,32,42H,5-7,12,17,20-24H2,1-4H3,(H,45,49)(H,46,51)(H2,41,43,52)/t26-,28-,30+,32+,40-/m1/s1. The normalized spacial score (nSPS) is 26.3. The van der Waals surface area contributed by atoms with Crippen LogP contribution in [-0.2, 0) is 24.4 Å². The van der Waals surface area contributed by atoms with Crippen molar-refractivity contribution >= 4 is 56.2 Å². The molecule has 3 fully saturated rings. The third kappa shape index (κ3) is 7.80. The van der Waals surface area contributed by atoms with E-state index in [1.807, 2.05) is 73.0 Å². The van der Waals surface area contributed by atoms with Crippen LogP contribution in [0.2, 0.25) is 0 Å². The summed E-state index contributed by atoms with van der Waals surface area (Å²) in [6.45, 7) is 5.63. The van der Waals surface area contributed by atoms with E-state index >= 15 is 0 Å². The van der Waals surface area contributed by atoms with Crippen LogP contribution in [-0.4, -0.2) is 88.7 Å². The Kier molecular flexibility index (Phi) is 10.8. The molecule has 2 aliphatic heterocycles. The zero-order valence-electron chi connectivity index (χ0n) is 32.3. The van der Waals surface area contributed by atoms with Gasteiger partial charge in [0.25, 0.3) is 11.9 Å². The summed E-state index contributed by atoms with van der Waals surface area (Å²) in [5.74, 6) is -2.02. The van der Waals surface area contributed by atoms with Gasteiger partial charge >= 0.3 is 6.03 Å². The topological polar surface area (TPSA) is 193 Å². The van der Waals surface area contributed by atoms with Gasteiger partial charge in [-0.3, -0.25) is 23.7 Å². The first-order valence-corrected chi connectivity index (χ1v) is 21.1. The summed E-state index contributed by atoms with van der Waals surface area (Å²) in [6.07, 6.45) is 8.24. The highest BCUT2D eigenvalue weighted by molar-refractivity contribution is 7.91. The van der Waals surface area contributed by atoms with E-state index in [1.54, 1.807) is 13.0 Å². The first kappa shape index (κ1) is 39.1. The van der Waals surface area contributed by atoms with Crippen molar-refractivity contribution in [1.82, 2.24) is 29.8 Å². The number of fused-ring (bicyclic) bond motifs is 3. The van der Waals surface area contributed by atoms with Gasteiger partial charge in [0.2, 0.25) is 21.8 Å². The number of para-hydroxylation sites is 2. The maximum Gasteiger partial charge on any atom is 0.319 e. The van der Waals surface area contributed by atoms with Gasteiger partial charge in [0, 0.05) is 31.1 Å². The Morgan fingerprint density at radius 3 is 2.52 bits per heavy atom. The highest BCUT2D eigenvalue weighted by Gasteiger charge is 2.63. The molecule has 5 N–H and O–H groups in total. The molecular formula is C40H52N8O7S. The lowest BCUT2D eigenvalue weighted by Crippen LogP contribution is -2.58. The van der Waals surface area contributed by atoms with E-state index in [-0.39, 0.29) is 37.3 Å². The number of ether oxygens (including phenoxy) is 1. The summed E-state index contributed by atoms with van der Waals surface area (Å²) in [7, 11) is -2.45. The molecule has 1 saturated heterocycles. The van der Waals surface area contributed by atoms with E-state index in [0.29, 0.717) is 30.5 Å². The number of allylic oxidation sites excluding steroid dienone is 1. The number of anilines is 2. The van der Waals surface area contributed by atoms with Crippen LogP contribution in [0.1, 0.15) is 84.6 Å². The van der Waals surface area contributed by atoms with Crippen LogP contribution in [0.15, 0.2) is 60.7 Å². The van der Waals surface area contributed by atoms with Gasteiger partial charge in [0.1, 0.15) is 29.2 Å². The molecule has 56 heavy (non-hydrogen) atoms. The SMILES string of the molecule is CNC(=O)Nc1cccc2c1nc(O[C@@H]1C[C@H]3C(=O)N[C@]4(C(=O)NS(=O)(=O)C5(C)CC5)C[C@H]4C=CCCCCC[C@H](Nc4ccccc4)C(=O)N3C1)n2C(C)C.